The molecule has 0 aromatic heterocycles. The van der Waals surface area contributed by atoms with E-state index in [1.54, 1.807) is 12.2 Å². The number of allylic oxidation sites excluding steroid dienone is 1. The van der Waals surface area contributed by atoms with Gasteiger partial charge in [-0.05, 0) is 33.1 Å². The van der Waals surface area contributed by atoms with Crippen LogP contribution in [0.25, 0.3) is 0 Å². The van der Waals surface area contributed by atoms with Crippen LogP contribution in [0.5, 0.6) is 0 Å². The van der Waals surface area contributed by atoms with Crippen LogP contribution < -0.4 is 0 Å². The van der Waals surface area contributed by atoms with Gasteiger partial charge in [-0.25, -0.2) is 4.79 Å². The molecule has 0 amide bonds. The molecule has 1 fully saturated rings. The average molecular weight is 356 g/mol. The van der Waals surface area contributed by atoms with E-state index in [-0.39, 0.29) is 19.0 Å². The smallest absolute Gasteiger partial charge is 0.335 e. The fourth-order valence-electron chi connectivity index (χ4n) is 2.78. The number of carbonyl (C=O) groups is 1. The van der Waals surface area contributed by atoms with Crippen molar-refractivity contribution >= 4 is 5.97 Å². The Bertz CT molecular complexity index is 434. The zero-order valence-electron chi connectivity index (χ0n) is 15.9. The first-order valence-corrected chi connectivity index (χ1v) is 8.78. The summed E-state index contributed by atoms with van der Waals surface area (Å²) in [6, 6.07) is 0. The lowest BCUT2D eigenvalue weighted by molar-refractivity contribution is -0.185. The second-order valence-corrected chi connectivity index (χ2v) is 6.49. The van der Waals surface area contributed by atoms with Crippen molar-refractivity contribution in [3.05, 3.63) is 25.3 Å². The summed E-state index contributed by atoms with van der Waals surface area (Å²) in [7, 11) is 1.51. The molecule has 25 heavy (non-hydrogen) atoms. The monoisotopic (exact) mass is 356 g/mol. The predicted octanol–water partition coefficient (Wildman–Crippen LogP) is 3.36. The number of carbonyl (C=O) groups excluding carboxylic acids is 1. The molecule has 4 atom stereocenters. The van der Waals surface area contributed by atoms with Crippen molar-refractivity contribution in [3.8, 4) is 0 Å². The molecule has 144 valence electrons. The lowest BCUT2D eigenvalue weighted by Crippen LogP contribution is -2.41. The lowest BCUT2D eigenvalue weighted by atomic mass is 10.0. The van der Waals surface area contributed by atoms with Gasteiger partial charge in [-0.3, -0.25) is 0 Å². The van der Waals surface area contributed by atoms with Gasteiger partial charge in [-0.15, -0.1) is 13.2 Å². The Labute approximate surface area is 151 Å². The van der Waals surface area contributed by atoms with Gasteiger partial charge < -0.3 is 23.7 Å². The zero-order valence-corrected chi connectivity index (χ0v) is 15.9. The number of rotatable bonds is 12. The highest BCUT2D eigenvalue weighted by Crippen LogP contribution is 2.33. The molecule has 0 saturated carbocycles. The molecule has 0 aromatic carbocycles. The largest absolute Gasteiger partial charge is 0.458 e. The normalized spacial score (nSPS) is 24.5. The van der Waals surface area contributed by atoms with Crippen molar-refractivity contribution in [1.29, 1.82) is 0 Å². The molecule has 0 spiro atoms. The van der Waals surface area contributed by atoms with Gasteiger partial charge >= 0.3 is 5.97 Å². The van der Waals surface area contributed by atoms with Crippen molar-refractivity contribution in [2.45, 2.75) is 76.7 Å². The molecule has 0 aromatic rings. The first kappa shape index (κ1) is 21.8. The van der Waals surface area contributed by atoms with Crippen LogP contribution >= 0.6 is 0 Å². The van der Waals surface area contributed by atoms with Crippen LogP contribution in [0.3, 0.4) is 0 Å². The van der Waals surface area contributed by atoms with E-state index in [0.29, 0.717) is 19.3 Å². The van der Waals surface area contributed by atoms with E-state index in [9.17, 15) is 4.79 Å². The fourth-order valence-corrected chi connectivity index (χ4v) is 2.78. The topological polar surface area (TPSA) is 63.2 Å². The minimum Gasteiger partial charge on any atom is -0.458 e. The molecule has 6 heteroatoms. The molecule has 1 rings (SSSR count). The molecule has 0 N–H and O–H groups in total. The maximum Gasteiger partial charge on any atom is 0.335 e. The van der Waals surface area contributed by atoms with E-state index in [1.165, 1.54) is 7.11 Å². The quantitative estimate of drug-likeness (QED) is 0.303. The highest BCUT2D eigenvalue weighted by Gasteiger charge is 2.45. The Kier molecular flexibility index (Phi) is 9.35. The molecule has 1 aliphatic rings. The molecular weight excluding hydrogens is 324 g/mol. The molecular formula is C19H32O6. The number of hydrogen-bond donors (Lipinski definition) is 0. The van der Waals surface area contributed by atoms with Gasteiger partial charge in [0, 0.05) is 7.11 Å². The predicted molar refractivity (Wildman–Crippen MR) is 95.0 cm³/mol. The van der Waals surface area contributed by atoms with Gasteiger partial charge in [0.15, 0.2) is 11.9 Å². The van der Waals surface area contributed by atoms with Gasteiger partial charge in [-0.2, -0.15) is 0 Å². The third-order valence-corrected chi connectivity index (χ3v) is 3.89. The lowest BCUT2D eigenvalue weighted by Gasteiger charge is -2.27. The summed E-state index contributed by atoms with van der Waals surface area (Å²) < 4.78 is 27.9. The number of hydrogen-bond acceptors (Lipinski definition) is 6. The molecule has 6 nitrogen and oxygen atoms in total. The maximum atomic E-state index is 12.6. The van der Waals surface area contributed by atoms with E-state index in [0.717, 1.165) is 6.42 Å². The number of methoxy groups -OCH3 is 1. The molecule has 0 aliphatic carbocycles. The van der Waals surface area contributed by atoms with E-state index >= 15 is 0 Å². The van der Waals surface area contributed by atoms with Crippen molar-refractivity contribution in [2.75, 3.05) is 13.9 Å². The molecule has 0 unspecified atom stereocenters. The highest BCUT2D eigenvalue weighted by atomic mass is 16.8. The van der Waals surface area contributed by atoms with E-state index < -0.39 is 24.0 Å². The molecule has 1 aliphatic heterocycles. The zero-order chi connectivity index (χ0) is 18.9. The molecule has 0 radical (unpaired) electrons. The summed E-state index contributed by atoms with van der Waals surface area (Å²) in [5, 5.41) is 0. The fraction of sp³-hybridized carbons (Fsp3) is 0.737. The highest BCUT2D eigenvalue weighted by molar-refractivity contribution is 5.75. The van der Waals surface area contributed by atoms with Gasteiger partial charge in [-0.1, -0.05) is 25.5 Å². The Morgan fingerprint density at radius 2 is 2.00 bits per heavy atom. The third-order valence-electron chi connectivity index (χ3n) is 3.89. The molecule has 1 saturated heterocycles. The second kappa shape index (κ2) is 10.7. The second-order valence-electron chi connectivity index (χ2n) is 6.49. The van der Waals surface area contributed by atoms with E-state index in [2.05, 4.69) is 13.2 Å². The van der Waals surface area contributed by atoms with Crippen LogP contribution in [0.15, 0.2) is 25.3 Å². The van der Waals surface area contributed by atoms with Gasteiger partial charge in [0.2, 0.25) is 0 Å². The van der Waals surface area contributed by atoms with Crippen LogP contribution in [-0.4, -0.2) is 50.1 Å². The Balaban J connectivity index is 2.81. The van der Waals surface area contributed by atoms with Gasteiger partial charge in [0.05, 0.1) is 0 Å². The Morgan fingerprint density at radius 3 is 2.56 bits per heavy atom. The van der Waals surface area contributed by atoms with Gasteiger partial charge in [0.25, 0.3) is 0 Å². The standard InChI is InChI=1S/C19H32O6/c1-7-10-12-16(22-13-21-6)18(20)23-15(11-8-2)17-14(9-3)24-19(4,5)25-17/h7,9,14-17H,1,3,8,10-13H2,2,4-6H3/t14-,15+,16-,17-/m0/s1. The first-order chi connectivity index (χ1) is 11.9. The average Bonchev–Trinajstić information content (AvgIpc) is 2.89. The Morgan fingerprint density at radius 1 is 1.28 bits per heavy atom. The van der Waals surface area contributed by atoms with Crippen LogP contribution in [0.2, 0.25) is 0 Å². The summed E-state index contributed by atoms with van der Waals surface area (Å²) in [4.78, 5) is 12.6. The van der Waals surface area contributed by atoms with Crippen LogP contribution in [0.1, 0.15) is 46.5 Å². The van der Waals surface area contributed by atoms with Crippen molar-refractivity contribution in [3.63, 3.8) is 0 Å². The maximum absolute atomic E-state index is 12.6. The summed E-state index contributed by atoms with van der Waals surface area (Å²) in [5.41, 5.74) is 0. The van der Waals surface area contributed by atoms with Crippen LogP contribution in [-0.2, 0) is 28.5 Å². The van der Waals surface area contributed by atoms with Crippen LogP contribution in [0.4, 0.5) is 0 Å². The molecule has 0 bridgehead atoms. The summed E-state index contributed by atoms with van der Waals surface area (Å²) in [6.45, 7) is 13.2. The number of esters is 1. The minimum absolute atomic E-state index is 0.0285. The van der Waals surface area contributed by atoms with E-state index in [1.807, 2.05) is 20.8 Å². The Hall–Kier alpha value is -1.21. The minimum atomic E-state index is -0.739. The first-order valence-electron chi connectivity index (χ1n) is 8.78. The number of ether oxygens (including phenoxy) is 5. The van der Waals surface area contributed by atoms with Gasteiger partial charge in [0.1, 0.15) is 25.1 Å². The van der Waals surface area contributed by atoms with Crippen molar-refractivity contribution in [1.82, 2.24) is 0 Å². The van der Waals surface area contributed by atoms with Crippen molar-refractivity contribution < 1.29 is 28.5 Å². The van der Waals surface area contributed by atoms with E-state index in [4.69, 9.17) is 23.7 Å². The summed E-state index contributed by atoms with van der Waals surface area (Å²) in [5.74, 6) is -1.16. The SMILES string of the molecule is C=CCC[C@H](OCOC)C(=O)O[C@H](CCC)[C@H]1OC(C)(C)O[C@H]1C=C. The van der Waals surface area contributed by atoms with Crippen molar-refractivity contribution in [2.24, 2.45) is 0 Å². The van der Waals surface area contributed by atoms with Crippen LogP contribution in [0, 0.1) is 0 Å². The summed E-state index contributed by atoms with van der Waals surface area (Å²) >= 11 is 0. The third kappa shape index (κ3) is 6.90. The molecule has 1 heterocycles. The summed E-state index contributed by atoms with van der Waals surface area (Å²) in [6.07, 6.45) is 4.23.